The van der Waals surface area contributed by atoms with Crippen LogP contribution in [0.5, 0.6) is 0 Å². The summed E-state index contributed by atoms with van der Waals surface area (Å²) in [6.45, 7) is 0.954. The average molecular weight is 239 g/mol. The standard InChI is InChI=1S/C5H9IN2O/c6-8-3-1-2-4(8)5(7)9/h4H,1-3H2,(H2,7,9)/p-1/t4-/m1/s1. The highest BCUT2D eigenvalue weighted by atomic mass is 127. The van der Waals surface area contributed by atoms with Crippen LogP contribution < -0.4 is 5.11 Å². The Morgan fingerprint density at radius 3 is 2.67 bits per heavy atom. The van der Waals surface area contributed by atoms with Gasteiger partial charge in [0.15, 0.2) is 0 Å². The molecule has 1 N–H and O–H groups in total. The van der Waals surface area contributed by atoms with Gasteiger partial charge in [-0.1, -0.05) is 0 Å². The van der Waals surface area contributed by atoms with Gasteiger partial charge in [-0.3, -0.25) is 0 Å². The van der Waals surface area contributed by atoms with E-state index in [4.69, 9.17) is 5.41 Å². The molecule has 1 aliphatic heterocycles. The van der Waals surface area contributed by atoms with E-state index in [-0.39, 0.29) is 6.04 Å². The Bertz CT molecular complexity index is 128. The monoisotopic (exact) mass is 239 g/mol. The van der Waals surface area contributed by atoms with E-state index in [2.05, 4.69) is 22.9 Å². The summed E-state index contributed by atoms with van der Waals surface area (Å²) in [7, 11) is 0. The lowest BCUT2D eigenvalue weighted by Crippen LogP contribution is -2.36. The molecule has 1 heterocycles. The highest BCUT2D eigenvalue weighted by Crippen LogP contribution is 2.20. The molecule has 9 heavy (non-hydrogen) atoms. The van der Waals surface area contributed by atoms with Crippen molar-refractivity contribution in [1.29, 1.82) is 5.41 Å². The molecule has 1 aliphatic rings. The Morgan fingerprint density at radius 2 is 2.44 bits per heavy atom. The van der Waals surface area contributed by atoms with Gasteiger partial charge in [-0.2, -0.15) is 0 Å². The lowest BCUT2D eigenvalue weighted by atomic mass is 10.2. The number of rotatable bonds is 1. The number of nitrogens with zero attached hydrogens (tertiary/aromatic N) is 1. The van der Waals surface area contributed by atoms with Crippen molar-refractivity contribution in [3.63, 3.8) is 0 Å². The molecule has 0 aliphatic carbocycles. The molecular formula is C5H8IN2O-. The van der Waals surface area contributed by atoms with Gasteiger partial charge < -0.3 is 10.5 Å². The van der Waals surface area contributed by atoms with Crippen LogP contribution in [0, 0.1) is 5.41 Å². The first-order valence-corrected chi connectivity index (χ1v) is 3.86. The highest BCUT2D eigenvalue weighted by Gasteiger charge is 2.21. The van der Waals surface area contributed by atoms with Crippen molar-refractivity contribution in [2.24, 2.45) is 0 Å². The van der Waals surface area contributed by atoms with Crippen molar-refractivity contribution in [3.05, 3.63) is 0 Å². The number of hydrogen-bond acceptors (Lipinski definition) is 3. The minimum absolute atomic E-state index is 0.120. The summed E-state index contributed by atoms with van der Waals surface area (Å²) in [6.07, 6.45) is 1.92. The molecule has 0 bridgehead atoms. The molecule has 0 aromatic rings. The molecule has 0 unspecified atom stereocenters. The third kappa shape index (κ3) is 1.54. The van der Waals surface area contributed by atoms with Crippen molar-refractivity contribution < 1.29 is 5.11 Å². The van der Waals surface area contributed by atoms with Gasteiger partial charge in [0.1, 0.15) is 0 Å². The summed E-state index contributed by atoms with van der Waals surface area (Å²) >= 11 is 2.10. The molecule has 1 saturated heterocycles. The Morgan fingerprint density at radius 1 is 1.78 bits per heavy atom. The molecule has 4 heteroatoms. The van der Waals surface area contributed by atoms with E-state index in [0.717, 1.165) is 19.4 Å². The maximum atomic E-state index is 10.5. The SMILES string of the molecule is N=C([O-])[C@H]1CCCN1I. The van der Waals surface area contributed by atoms with Crippen LogP contribution in [0.15, 0.2) is 0 Å². The smallest absolute Gasteiger partial charge is 0.0468 e. The second kappa shape index (κ2) is 2.83. The van der Waals surface area contributed by atoms with Crippen LogP contribution in [0.3, 0.4) is 0 Å². The van der Waals surface area contributed by atoms with Gasteiger partial charge in [-0.15, -0.1) is 0 Å². The Balaban J connectivity index is 2.49. The van der Waals surface area contributed by atoms with Crippen LogP contribution in [0.1, 0.15) is 12.8 Å². The molecule has 1 atom stereocenters. The summed E-state index contributed by atoms with van der Waals surface area (Å²) in [6, 6.07) is -0.120. The summed E-state index contributed by atoms with van der Waals surface area (Å²) < 4.78 is 1.91. The fraction of sp³-hybridized carbons (Fsp3) is 0.800. The summed E-state index contributed by atoms with van der Waals surface area (Å²) in [5, 5.41) is 17.3. The zero-order valence-corrected chi connectivity index (χ0v) is 7.09. The van der Waals surface area contributed by atoms with Gasteiger partial charge in [-0.05, 0) is 18.7 Å². The van der Waals surface area contributed by atoms with Crippen molar-refractivity contribution in [2.75, 3.05) is 6.54 Å². The third-order valence-corrected chi connectivity index (χ3v) is 2.64. The first-order valence-electron chi connectivity index (χ1n) is 2.89. The quantitative estimate of drug-likeness (QED) is 0.306. The van der Waals surface area contributed by atoms with E-state index >= 15 is 0 Å². The summed E-state index contributed by atoms with van der Waals surface area (Å²) in [4.78, 5) is 0. The van der Waals surface area contributed by atoms with Crippen LogP contribution in [0.2, 0.25) is 0 Å². The number of hydrogen-bond donors (Lipinski definition) is 1. The topological polar surface area (TPSA) is 50.1 Å². The molecule has 3 nitrogen and oxygen atoms in total. The number of nitrogens with one attached hydrogen (secondary N) is 1. The van der Waals surface area contributed by atoms with Gasteiger partial charge in [0.05, 0.1) is 0 Å². The Kier molecular flexibility index (Phi) is 2.29. The van der Waals surface area contributed by atoms with E-state index in [9.17, 15) is 5.11 Å². The summed E-state index contributed by atoms with van der Waals surface area (Å²) in [5.74, 6) is -0.443. The first kappa shape index (κ1) is 7.27. The van der Waals surface area contributed by atoms with Crippen LogP contribution >= 0.6 is 22.9 Å². The van der Waals surface area contributed by atoms with Crippen molar-refractivity contribution in [3.8, 4) is 0 Å². The van der Waals surface area contributed by atoms with Gasteiger partial charge in [0.2, 0.25) is 0 Å². The van der Waals surface area contributed by atoms with E-state index in [1.807, 2.05) is 3.11 Å². The maximum Gasteiger partial charge on any atom is 0.0468 e. The highest BCUT2D eigenvalue weighted by molar-refractivity contribution is 14.1. The first-order chi connectivity index (χ1) is 4.22. The zero-order chi connectivity index (χ0) is 6.85. The molecule has 1 fully saturated rings. The van der Waals surface area contributed by atoms with Gasteiger partial charge in [0, 0.05) is 35.5 Å². The van der Waals surface area contributed by atoms with Crippen molar-refractivity contribution in [1.82, 2.24) is 3.11 Å². The lowest BCUT2D eigenvalue weighted by molar-refractivity contribution is -0.223. The molecule has 1 rings (SSSR count). The minimum atomic E-state index is -0.443. The van der Waals surface area contributed by atoms with Gasteiger partial charge >= 0.3 is 0 Å². The van der Waals surface area contributed by atoms with Crippen LogP contribution in [-0.2, 0) is 0 Å². The molecule has 0 amide bonds. The van der Waals surface area contributed by atoms with Gasteiger partial charge in [-0.25, -0.2) is 3.11 Å². The van der Waals surface area contributed by atoms with E-state index in [1.54, 1.807) is 0 Å². The maximum absolute atomic E-state index is 10.5. The van der Waals surface area contributed by atoms with Crippen molar-refractivity contribution in [2.45, 2.75) is 18.9 Å². The average Bonchev–Trinajstić information content (AvgIpc) is 2.13. The van der Waals surface area contributed by atoms with E-state index < -0.39 is 5.90 Å². The fourth-order valence-corrected chi connectivity index (χ4v) is 1.86. The Labute approximate surface area is 68.1 Å². The molecule has 0 aromatic carbocycles. The van der Waals surface area contributed by atoms with E-state index in [0.29, 0.717) is 0 Å². The molecule has 0 radical (unpaired) electrons. The van der Waals surface area contributed by atoms with Crippen LogP contribution in [0.25, 0.3) is 0 Å². The summed E-state index contributed by atoms with van der Waals surface area (Å²) in [5.41, 5.74) is 0. The predicted octanol–water partition coefficient (Wildman–Crippen LogP) is 0.138. The second-order valence-corrected chi connectivity index (χ2v) is 3.38. The molecular weight excluding hydrogens is 231 g/mol. The molecule has 0 saturated carbocycles. The molecule has 0 aromatic heterocycles. The van der Waals surface area contributed by atoms with Crippen LogP contribution in [-0.4, -0.2) is 21.6 Å². The minimum Gasteiger partial charge on any atom is -0.861 e. The largest absolute Gasteiger partial charge is 0.861 e. The normalized spacial score (nSPS) is 28.8. The predicted molar refractivity (Wildman–Crippen MR) is 41.5 cm³/mol. The number of halogens is 1. The fourth-order valence-electron chi connectivity index (χ4n) is 0.990. The third-order valence-electron chi connectivity index (χ3n) is 1.49. The molecule has 0 spiro atoms. The van der Waals surface area contributed by atoms with Crippen LogP contribution in [0.4, 0.5) is 0 Å². The Hall–Kier alpha value is 0.160. The lowest BCUT2D eigenvalue weighted by Gasteiger charge is -2.21. The van der Waals surface area contributed by atoms with E-state index in [1.165, 1.54) is 0 Å². The van der Waals surface area contributed by atoms with Crippen molar-refractivity contribution >= 4 is 28.8 Å². The van der Waals surface area contributed by atoms with Gasteiger partial charge in [0.25, 0.3) is 0 Å². The zero-order valence-electron chi connectivity index (χ0n) is 4.93. The molecule has 52 valence electrons. The second-order valence-electron chi connectivity index (χ2n) is 2.15.